The van der Waals surface area contributed by atoms with Crippen LogP contribution in [0.25, 0.3) is 11.1 Å². The van der Waals surface area contributed by atoms with Gasteiger partial charge in [-0.15, -0.1) is 0 Å². The van der Waals surface area contributed by atoms with E-state index in [0.29, 0.717) is 6.04 Å². The van der Waals surface area contributed by atoms with Crippen molar-refractivity contribution >= 4 is 17.0 Å². The summed E-state index contributed by atoms with van der Waals surface area (Å²) in [4.78, 5) is 0. The minimum Gasteiger partial charge on any atom is -0.497 e. The first-order chi connectivity index (χ1) is 13.3. The van der Waals surface area contributed by atoms with Gasteiger partial charge < -0.3 is 20.1 Å². The number of thiophene rings is 1. The Morgan fingerprint density at radius 3 is 2.63 bits per heavy atom. The van der Waals surface area contributed by atoms with Crippen molar-refractivity contribution in [2.75, 3.05) is 25.5 Å². The third kappa shape index (κ3) is 4.43. The van der Waals surface area contributed by atoms with Crippen molar-refractivity contribution in [2.45, 2.75) is 18.9 Å². The van der Waals surface area contributed by atoms with Gasteiger partial charge in [-0.05, 0) is 83.7 Å². The molecule has 1 aliphatic rings. The zero-order valence-electron chi connectivity index (χ0n) is 15.4. The highest BCUT2D eigenvalue weighted by Gasteiger charge is 2.15. The summed E-state index contributed by atoms with van der Waals surface area (Å²) in [5.41, 5.74) is 3.38. The maximum atomic E-state index is 6.23. The van der Waals surface area contributed by atoms with Gasteiger partial charge in [0.05, 0.1) is 12.8 Å². The molecule has 0 radical (unpaired) electrons. The van der Waals surface area contributed by atoms with E-state index in [1.807, 2.05) is 24.3 Å². The van der Waals surface area contributed by atoms with Crippen LogP contribution in [0.2, 0.25) is 0 Å². The van der Waals surface area contributed by atoms with Crippen LogP contribution in [0.4, 0.5) is 5.69 Å². The van der Waals surface area contributed by atoms with Crippen molar-refractivity contribution < 1.29 is 9.47 Å². The van der Waals surface area contributed by atoms with Gasteiger partial charge in [0.1, 0.15) is 11.5 Å². The Hall–Kier alpha value is -2.50. The average Bonchev–Trinajstić information content (AvgIpc) is 3.42. The molecule has 27 heavy (non-hydrogen) atoms. The molecule has 0 spiro atoms. The van der Waals surface area contributed by atoms with Gasteiger partial charge in [0.2, 0.25) is 0 Å². The van der Waals surface area contributed by atoms with Gasteiger partial charge in [0, 0.05) is 12.6 Å². The standard InChI is InChI=1S/C22H24N2O2S/c1-25-19-5-7-20(8-6-19)26-22-13-16(17-10-12-27-15-17)4-9-21(22)24-14-18-3-2-11-23-18/h4-10,12-13,15,18,23-24H,2-3,11,14H2,1H3/t18-/m0/s1. The van der Waals surface area contributed by atoms with Gasteiger partial charge in [-0.3, -0.25) is 0 Å². The molecule has 4 nitrogen and oxygen atoms in total. The van der Waals surface area contributed by atoms with Crippen LogP contribution in [0.3, 0.4) is 0 Å². The van der Waals surface area contributed by atoms with Crippen LogP contribution in [0.5, 0.6) is 17.2 Å². The molecule has 1 saturated heterocycles. The average molecular weight is 381 g/mol. The summed E-state index contributed by atoms with van der Waals surface area (Å²) in [6, 6.07) is 16.7. The minimum absolute atomic E-state index is 0.524. The highest BCUT2D eigenvalue weighted by molar-refractivity contribution is 7.08. The van der Waals surface area contributed by atoms with Crippen LogP contribution in [0.1, 0.15) is 12.8 Å². The first kappa shape index (κ1) is 17.9. The number of benzene rings is 2. The van der Waals surface area contributed by atoms with Gasteiger partial charge in [-0.2, -0.15) is 11.3 Å². The molecule has 4 rings (SSSR count). The molecule has 0 bridgehead atoms. The monoisotopic (exact) mass is 380 g/mol. The number of nitrogens with one attached hydrogen (secondary N) is 2. The summed E-state index contributed by atoms with van der Waals surface area (Å²) < 4.78 is 11.5. The first-order valence-electron chi connectivity index (χ1n) is 9.27. The minimum atomic E-state index is 0.524. The summed E-state index contributed by atoms with van der Waals surface area (Å²) in [6.07, 6.45) is 2.47. The highest BCUT2D eigenvalue weighted by atomic mass is 32.1. The second kappa shape index (κ2) is 8.46. The van der Waals surface area contributed by atoms with Gasteiger partial charge in [-0.1, -0.05) is 6.07 Å². The summed E-state index contributed by atoms with van der Waals surface area (Å²) in [6.45, 7) is 2.01. The van der Waals surface area contributed by atoms with E-state index >= 15 is 0 Å². The van der Waals surface area contributed by atoms with E-state index in [1.165, 1.54) is 18.4 Å². The van der Waals surface area contributed by atoms with Gasteiger partial charge >= 0.3 is 0 Å². The molecule has 2 heterocycles. The van der Waals surface area contributed by atoms with Crippen LogP contribution in [0.15, 0.2) is 59.3 Å². The van der Waals surface area contributed by atoms with Crippen LogP contribution in [-0.4, -0.2) is 26.2 Å². The van der Waals surface area contributed by atoms with Crippen LogP contribution in [-0.2, 0) is 0 Å². The van der Waals surface area contributed by atoms with Crippen molar-refractivity contribution in [3.63, 3.8) is 0 Å². The summed E-state index contributed by atoms with van der Waals surface area (Å²) in [7, 11) is 1.67. The predicted octanol–water partition coefficient (Wildman–Crippen LogP) is 5.38. The largest absolute Gasteiger partial charge is 0.497 e. The smallest absolute Gasteiger partial charge is 0.151 e. The molecule has 1 aromatic heterocycles. The topological polar surface area (TPSA) is 42.5 Å². The lowest BCUT2D eigenvalue weighted by Gasteiger charge is -2.17. The Kier molecular flexibility index (Phi) is 5.61. The summed E-state index contributed by atoms with van der Waals surface area (Å²) >= 11 is 1.70. The third-order valence-electron chi connectivity index (χ3n) is 4.82. The second-order valence-electron chi connectivity index (χ2n) is 6.67. The lowest BCUT2D eigenvalue weighted by atomic mass is 10.1. The van der Waals surface area contributed by atoms with Crippen LogP contribution >= 0.6 is 11.3 Å². The van der Waals surface area contributed by atoms with Gasteiger partial charge in [-0.25, -0.2) is 0 Å². The van der Waals surface area contributed by atoms with Crippen LogP contribution < -0.4 is 20.1 Å². The lowest BCUT2D eigenvalue weighted by molar-refractivity contribution is 0.413. The molecule has 0 saturated carbocycles. The van der Waals surface area contributed by atoms with Crippen molar-refractivity contribution in [1.29, 1.82) is 0 Å². The van der Waals surface area contributed by atoms with E-state index in [1.54, 1.807) is 18.4 Å². The van der Waals surface area contributed by atoms with Gasteiger partial charge in [0.25, 0.3) is 0 Å². The van der Waals surface area contributed by atoms with Crippen molar-refractivity contribution in [1.82, 2.24) is 5.32 Å². The SMILES string of the molecule is COc1ccc(Oc2cc(-c3ccsc3)ccc2NC[C@@H]2CCCN2)cc1. The van der Waals surface area contributed by atoms with Crippen molar-refractivity contribution in [3.05, 3.63) is 59.3 Å². The molecule has 1 atom stereocenters. The molecule has 1 aliphatic heterocycles. The summed E-state index contributed by atoms with van der Waals surface area (Å²) in [5, 5.41) is 11.3. The Labute approximate surface area is 164 Å². The fourth-order valence-electron chi connectivity index (χ4n) is 3.30. The highest BCUT2D eigenvalue weighted by Crippen LogP contribution is 2.35. The molecule has 2 aromatic carbocycles. The second-order valence-corrected chi connectivity index (χ2v) is 7.45. The van der Waals surface area contributed by atoms with E-state index in [-0.39, 0.29) is 0 Å². The Bertz CT molecular complexity index is 857. The maximum absolute atomic E-state index is 6.23. The zero-order valence-corrected chi connectivity index (χ0v) is 16.2. The summed E-state index contributed by atoms with van der Waals surface area (Å²) in [5.74, 6) is 2.45. The fourth-order valence-corrected chi connectivity index (χ4v) is 3.96. The van der Waals surface area contributed by atoms with E-state index in [2.05, 4.69) is 45.7 Å². The lowest BCUT2D eigenvalue weighted by Crippen LogP contribution is -2.29. The molecular formula is C22H24N2O2S. The fraction of sp³-hybridized carbons (Fsp3) is 0.273. The normalized spacial score (nSPS) is 16.3. The quantitative estimate of drug-likeness (QED) is 0.577. The van der Waals surface area contributed by atoms with Gasteiger partial charge in [0.15, 0.2) is 5.75 Å². The molecule has 3 aromatic rings. The molecule has 1 fully saturated rings. The third-order valence-corrected chi connectivity index (χ3v) is 5.51. The number of ether oxygens (including phenoxy) is 2. The molecule has 0 amide bonds. The molecule has 5 heteroatoms. The maximum Gasteiger partial charge on any atom is 0.151 e. The van der Waals surface area contributed by atoms with Crippen LogP contribution in [0, 0.1) is 0 Å². The predicted molar refractivity (Wildman–Crippen MR) is 112 cm³/mol. The van der Waals surface area contributed by atoms with Crippen molar-refractivity contribution in [3.8, 4) is 28.4 Å². The Balaban J connectivity index is 1.58. The van der Waals surface area contributed by atoms with E-state index in [9.17, 15) is 0 Å². The molecule has 2 N–H and O–H groups in total. The number of anilines is 1. The molecular weight excluding hydrogens is 356 g/mol. The molecule has 0 unspecified atom stereocenters. The Morgan fingerprint density at radius 2 is 1.93 bits per heavy atom. The first-order valence-corrected chi connectivity index (χ1v) is 10.2. The number of rotatable bonds is 7. The number of hydrogen-bond acceptors (Lipinski definition) is 5. The number of hydrogen-bond donors (Lipinski definition) is 2. The molecule has 140 valence electrons. The zero-order chi connectivity index (χ0) is 18.5. The van der Waals surface area contributed by atoms with Crippen molar-refractivity contribution in [2.24, 2.45) is 0 Å². The van der Waals surface area contributed by atoms with E-state index in [0.717, 1.165) is 41.6 Å². The Morgan fingerprint density at radius 1 is 1.07 bits per heavy atom. The van der Waals surface area contributed by atoms with E-state index < -0.39 is 0 Å². The molecule has 0 aliphatic carbocycles. The van der Waals surface area contributed by atoms with E-state index in [4.69, 9.17) is 9.47 Å². The number of methoxy groups -OCH3 is 1.